The summed E-state index contributed by atoms with van der Waals surface area (Å²) in [4.78, 5) is 39.7. The molecule has 0 aromatic carbocycles. The van der Waals surface area contributed by atoms with E-state index in [1.807, 2.05) is 0 Å². The highest BCUT2D eigenvalue weighted by Crippen LogP contribution is 2.18. The predicted molar refractivity (Wildman–Crippen MR) is 202 cm³/mol. The maximum absolute atomic E-state index is 13.5. The van der Waals surface area contributed by atoms with Crippen LogP contribution >= 0.6 is 0 Å². The summed E-state index contributed by atoms with van der Waals surface area (Å²) in [5.74, 6) is -0.350. The van der Waals surface area contributed by atoms with E-state index in [1.54, 1.807) is 7.05 Å². The van der Waals surface area contributed by atoms with Gasteiger partial charge in [0, 0.05) is 6.54 Å². The number of nitrogens with two attached hydrogens (primary N) is 3. The highest BCUT2D eigenvalue weighted by atomic mass is 16.2. The number of hydrogen-bond donors (Lipinski definition) is 5. The Morgan fingerprint density at radius 3 is 1.38 bits per heavy atom. The van der Waals surface area contributed by atoms with E-state index in [2.05, 4.69) is 29.7 Å². The minimum absolute atomic E-state index is 0.0222. The maximum Gasteiger partial charge on any atom is 0.320 e. The molecule has 0 bridgehead atoms. The van der Waals surface area contributed by atoms with Gasteiger partial charge in [0.05, 0.1) is 32.5 Å². The molecule has 8 N–H and O–H groups in total. The van der Waals surface area contributed by atoms with Gasteiger partial charge in [-0.25, -0.2) is 9.59 Å². The number of hydrogen-bond acceptors (Lipinski definition) is 6. The van der Waals surface area contributed by atoms with E-state index in [0.29, 0.717) is 25.8 Å². The predicted octanol–water partition coefficient (Wildman–Crippen LogP) is 7.28. The van der Waals surface area contributed by atoms with E-state index in [-0.39, 0.29) is 41.3 Å². The molecule has 1 atom stereocenters. The molecule has 0 aromatic rings. The Morgan fingerprint density at radius 2 is 0.979 bits per heavy atom. The molecule has 10 heteroatoms. The number of rotatable bonds is 34. The summed E-state index contributed by atoms with van der Waals surface area (Å²) in [5, 5.41) is 6.60. The van der Waals surface area contributed by atoms with Gasteiger partial charge >= 0.3 is 11.8 Å². The van der Waals surface area contributed by atoms with Crippen molar-refractivity contribution in [2.24, 2.45) is 22.3 Å². The molecule has 3 amide bonds. The number of carbonyl (C=O) groups is 3. The van der Waals surface area contributed by atoms with Crippen LogP contribution in [0, 0.1) is 0 Å². The minimum Gasteiger partial charge on any atom is -0.369 e. The van der Waals surface area contributed by atoms with Gasteiger partial charge in [-0.2, -0.15) is 4.48 Å². The first-order valence-electron chi connectivity index (χ1n) is 20.0. The monoisotopic (exact) mass is 681 g/mol. The number of amides is 3. The van der Waals surface area contributed by atoms with Crippen LogP contribution in [0.25, 0.3) is 0 Å². The Balaban J connectivity index is 4.69. The number of nitrogens with one attached hydrogen (secondary N) is 2. The molecule has 0 aromatic heterocycles. The first-order chi connectivity index (χ1) is 23.2. The molecule has 48 heavy (non-hydrogen) atoms. The number of nitrogens with zero attached hydrogens (tertiary/aromatic N) is 2. The molecule has 0 saturated carbocycles. The molecule has 0 spiro atoms. The van der Waals surface area contributed by atoms with Gasteiger partial charge in [0.25, 0.3) is 0 Å². The van der Waals surface area contributed by atoms with Crippen LogP contribution < -0.4 is 27.9 Å². The zero-order valence-electron chi connectivity index (χ0n) is 31.6. The second kappa shape index (κ2) is 32.0. The van der Waals surface area contributed by atoms with E-state index >= 15 is 0 Å². The number of imide groups is 1. The zero-order valence-corrected chi connectivity index (χ0v) is 31.6. The Bertz CT molecular complexity index is 795. The van der Waals surface area contributed by atoms with E-state index in [4.69, 9.17) is 17.2 Å². The standard InChI is InChI=1S/C38H77N7O3/c1-4-6-8-10-12-14-16-18-20-22-24-29-35(46)45(3,36(47)30-25-23-21-19-17-15-13-11-9-7-5-2)33-32-42-37(48)34(39)28-26-27-31-43-44-38(40)41/h34,43H,4-33,39H2,1-3H3,(H4-,40,41,42,44,48)/p+1/t34-/m0/s1. The van der Waals surface area contributed by atoms with Gasteiger partial charge in [-0.1, -0.05) is 142 Å². The molecule has 0 rings (SSSR count). The van der Waals surface area contributed by atoms with Crippen molar-refractivity contribution in [1.29, 1.82) is 0 Å². The number of guanidine groups is 1. The minimum atomic E-state index is -0.647. The molecule has 282 valence electrons. The van der Waals surface area contributed by atoms with Crippen LogP contribution in [-0.2, 0) is 14.4 Å². The summed E-state index contributed by atoms with van der Waals surface area (Å²) in [7, 11) is 1.75. The normalized spacial score (nSPS) is 12.1. The van der Waals surface area contributed by atoms with Gasteiger partial charge in [0.1, 0.15) is 6.54 Å². The molecule has 0 radical (unpaired) electrons. The van der Waals surface area contributed by atoms with E-state index in [1.165, 1.54) is 103 Å². The lowest BCUT2D eigenvalue weighted by Gasteiger charge is -2.29. The smallest absolute Gasteiger partial charge is 0.320 e. The second-order valence-corrected chi connectivity index (χ2v) is 14.1. The van der Waals surface area contributed by atoms with Crippen LogP contribution in [0.4, 0.5) is 0 Å². The Labute approximate surface area is 295 Å². The molecule has 0 fully saturated rings. The largest absolute Gasteiger partial charge is 0.369 e. The summed E-state index contributed by atoms with van der Waals surface area (Å²) in [6, 6.07) is -0.647. The topological polar surface area (TPSA) is 166 Å². The summed E-state index contributed by atoms with van der Waals surface area (Å²) in [6.45, 7) is 5.58. The fraction of sp³-hybridized carbons (Fsp3) is 0.895. The maximum atomic E-state index is 13.5. The number of hydrazone groups is 1. The van der Waals surface area contributed by atoms with Crippen LogP contribution in [0.1, 0.15) is 187 Å². The van der Waals surface area contributed by atoms with Crippen molar-refractivity contribution in [3.05, 3.63) is 0 Å². The molecule has 0 aliphatic carbocycles. The van der Waals surface area contributed by atoms with Crippen molar-refractivity contribution < 1.29 is 18.9 Å². The number of likely N-dealkylation sites (N-methyl/N-ethyl adjacent to an activating group) is 1. The fourth-order valence-electron chi connectivity index (χ4n) is 6.14. The Morgan fingerprint density at radius 1 is 0.583 bits per heavy atom. The lowest BCUT2D eigenvalue weighted by molar-refractivity contribution is -0.757. The van der Waals surface area contributed by atoms with Crippen LogP contribution in [-0.4, -0.2) is 60.9 Å². The average molecular weight is 681 g/mol. The Kier molecular flexibility index (Phi) is 30.6. The van der Waals surface area contributed by atoms with Gasteiger partial charge in [-0.3, -0.25) is 4.79 Å². The zero-order chi connectivity index (χ0) is 35.7. The first kappa shape index (κ1) is 45.8. The van der Waals surface area contributed by atoms with Gasteiger partial charge in [0.15, 0.2) is 0 Å². The molecule has 0 unspecified atom stereocenters. The van der Waals surface area contributed by atoms with E-state index in [9.17, 15) is 14.4 Å². The van der Waals surface area contributed by atoms with Crippen LogP contribution in [0.2, 0.25) is 0 Å². The number of carbonyl (C=O) groups excluding carboxylic acids is 3. The third-order valence-electron chi connectivity index (χ3n) is 9.55. The third-order valence-corrected chi connectivity index (χ3v) is 9.55. The third kappa shape index (κ3) is 25.8. The molecule has 0 aliphatic rings. The molecule has 0 heterocycles. The molecule has 10 nitrogen and oxygen atoms in total. The molecular formula is C38H78N7O3+. The van der Waals surface area contributed by atoms with Crippen LogP contribution in [0.3, 0.4) is 0 Å². The second-order valence-electron chi connectivity index (χ2n) is 14.1. The van der Waals surface area contributed by atoms with Gasteiger partial charge < -0.3 is 27.9 Å². The molecule has 0 aliphatic heterocycles. The van der Waals surface area contributed by atoms with Crippen molar-refractivity contribution in [3.63, 3.8) is 0 Å². The number of unbranched alkanes of at least 4 members (excludes halogenated alkanes) is 21. The van der Waals surface area contributed by atoms with Crippen LogP contribution in [0.5, 0.6) is 0 Å². The molecule has 0 saturated heterocycles. The summed E-state index contributed by atoms with van der Waals surface area (Å²) in [5.41, 5.74) is 19.5. The fourth-order valence-corrected chi connectivity index (χ4v) is 6.14. The van der Waals surface area contributed by atoms with Gasteiger partial charge in [0.2, 0.25) is 11.9 Å². The highest BCUT2D eigenvalue weighted by molar-refractivity contribution is 5.84. The van der Waals surface area contributed by atoms with E-state index < -0.39 is 6.04 Å². The van der Waals surface area contributed by atoms with Crippen molar-refractivity contribution in [2.75, 3.05) is 26.7 Å². The summed E-state index contributed by atoms with van der Waals surface area (Å²) >= 11 is 0. The van der Waals surface area contributed by atoms with Crippen molar-refractivity contribution in [3.8, 4) is 0 Å². The van der Waals surface area contributed by atoms with E-state index in [0.717, 1.165) is 51.4 Å². The van der Waals surface area contributed by atoms with Crippen molar-refractivity contribution >= 4 is 23.7 Å². The van der Waals surface area contributed by atoms with Gasteiger partial charge in [-0.15, -0.1) is 5.10 Å². The van der Waals surface area contributed by atoms with Crippen LogP contribution in [0.15, 0.2) is 5.10 Å². The SMILES string of the molecule is CCCCCCCCCCCCCC(=O)[N+](C)(CCNC(=O)[C@@H](N)CCCCNN=C(N)N)C(=O)CCCCCCCCCCCCC. The Hall–Kier alpha value is -2.20. The first-order valence-corrected chi connectivity index (χ1v) is 20.0. The lowest BCUT2D eigenvalue weighted by atomic mass is 10.0. The van der Waals surface area contributed by atoms with Crippen molar-refractivity contribution in [1.82, 2.24) is 10.7 Å². The summed E-state index contributed by atoms with van der Waals surface area (Å²) in [6.07, 6.45) is 29.6. The van der Waals surface area contributed by atoms with Crippen molar-refractivity contribution in [2.45, 2.75) is 193 Å². The molecular weight excluding hydrogens is 602 g/mol. The summed E-state index contributed by atoms with van der Waals surface area (Å²) < 4.78 is -0.249. The highest BCUT2D eigenvalue weighted by Gasteiger charge is 2.38. The number of quaternary nitrogens is 1. The van der Waals surface area contributed by atoms with Gasteiger partial charge in [-0.05, 0) is 32.1 Å². The quantitative estimate of drug-likeness (QED) is 0.0157. The lowest BCUT2D eigenvalue weighted by Crippen LogP contribution is -2.57. The average Bonchev–Trinajstić information content (AvgIpc) is 3.06.